The summed E-state index contributed by atoms with van der Waals surface area (Å²) in [6.45, 7) is 1.49. The summed E-state index contributed by atoms with van der Waals surface area (Å²) in [5.74, 6) is -1.09. The predicted octanol–water partition coefficient (Wildman–Crippen LogP) is 3.59. The lowest BCUT2D eigenvalue weighted by Crippen LogP contribution is -2.29. The highest BCUT2D eigenvalue weighted by molar-refractivity contribution is 7.14. The summed E-state index contributed by atoms with van der Waals surface area (Å²) >= 11 is 1.30. The molecule has 0 saturated heterocycles. The van der Waals surface area contributed by atoms with Crippen LogP contribution in [0.15, 0.2) is 58.5 Å². The first-order chi connectivity index (χ1) is 11.6. The number of carbonyl (C=O) groups excluding carboxylic acids is 2. The van der Waals surface area contributed by atoms with Gasteiger partial charge in [0.15, 0.2) is 11.2 Å². The molecular weight excluding hydrogens is 328 g/mol. The van der Waals surface area contributed by atoms with E-state index in [1.807, 2.05) is 35.7 Å². The third-order valence-corrected chi connectivity index (χ3v) is 3.94. The monoisotopic (exact) mass is 342 g/mol. The van der Waals surface area contributed by atoms with Crippen molar-refractivity contribution in [1.82, 2.24) is 4.98 Å². The molecule has 1 aromatic carbocycles. The van der Waals surface area contributed by atoms with E-state index < -0.39 is 18.0 Å². The number of thiazole rings is 1. The van der Waals surface area contributed by atoms with Gasteiger partial charge in [-0.1, -0.05) is 30.3 Å². The lowest BCUT2D eigenvalue weighted by molar-refractivity contribution is -0.123. The molecule has 1 N–H and O–H groups in total. The van der Waals surface area contributed by atoms with Gasteiger partial charge in [-0.25, -0.2) is 9.78 Å². The van der Waals surface area contributed by atoms with Crippen molar-refractivity contribution in [2.45, 2.75) is 13.0 Å². The Morgan fingerprint density at radius 3 is 2.71 bits per heavy atom. The molecule has 2 aromatic heterocycles. The zero-order valence-electron chi connectivity index (χ0n) is 12.8. The molecule has 0 radical (unpaired) electrons. The standard InChI is InChI=1S/C17H14N2O4S/c1-11(23-16(21)14-8-5-9-22-14)15(20)19-17-18-13(10-24-17)12-6-3-2-4-7-12/h2-11H,1H3,(H,18,19,20)/t11-/m1/s1. The Bertz CT molecular complexity index is 827. The van der Waals surface area contributed by atoms with Crippen LogP contribution in [0.3, 0.4) is 0 Å². The van der Waals surface area contributed by atoms with E-state index in [2.05, 4.69) is 10.3 Å². The number of anilines is 1. The van der Waals surface area contributed by atoms with Crippen LogP contribution in [0, 0.1) is 0 Å². The average Bonchev–Trinajstić information content (AvgIpc) is 3.27. The van der Waals surface area contributed by atoms with Crippen molar-refractivity contribution in [2.24, 2.45) is 0 Å². The molecule has 122 valence electrons. The summed E-state index contributed by atoms with van der Waals surface area (Å²) in [5.41, 5.74) is 1.74. The van der Waals surface area contributed by atoms with Crippen molar-refractivity contribution >= 4 is 28.3 Å². The number of esters is 1. The Morgan fingerprint density at radius 1 is 1.21 bits per heavy atom. The van der Waals surface area contributed by atoms with Crippen LogP contribution in [-0.2, 0) is 9.53 Å². The highest BCUT2D eigenvalue weighted by atomic mass is 32.1. The topological polar surface area (TPSA) is 81.4 Å². The summed E-state index contributed by atoms with van der Waals surface area (Å²) < 4.78 is 9.98. The third kappa shape index (κ3) is 3.69. The Labute approximate surface area is 142 Å². The second kappa shape index (κ2) is 7.10. The van der Waals surface area contributed by atoms with E-state index >= 15 is 0 Å². The quantitative estimate of drug-likeness (QED) is 0.717. The molecule has 0 aliphatic rings. The number of benzene rings is 1. The first kappa shape index (κ1) is 15.9. The Hall–Kier alpha value is -2.93. The molecule has 0 bridgehead atoms. The van der Waals surface area contributed by atoms with E-state index in [-0.39, 0.29) is 5.76 Å². The Balaban J connectivity index is 1.60. The van der Waals surface area contributed by atoms with E-state index in [0.29, 0.717) is 5.13 Å². The third-order valence-electron chi connectivity index (χ3n) is 3.18. The summed E-state index contributed by atoms with van der Waals surface area (Å²) in [6, 6.07) is 12.7. The van der Waals surface area contributed by atoms with Gasteiger partial charge in [0.25, 0.3) is 5.91 Å². The van der Waals surface area contributed by atoms with Crippen LogP contribution in [0.5, 0.6) is 0 Å². The molecule has 6 nitrogen and oxygen atoms in total. The predicted molar refractivity (Wildman–Crippen MR) is 89.8 cm³/mol. The van der Waals surface area contributed by atoms with Gasteiger partial charge < -0.3 is 9.15 Å². The summed E-state index contributed by atoms with van der Waals surface area (Å²) in [4.78, 5) is 28.2. The average molecular weight is 342 g/mol. The van der Waals surface area contributed by atoms with Gasteiger partial charge in [0.05, 0.1) is 12.0 Å². The molecule has 0 aliphatic heterocycles. The van der Waals surface area contributed by atoms with Gasteiger partial charge in [-0.2, -0.15) is 0 Å². The Kier molecular flexibility index (Phi) is 4.72. The number of aromatic nitrogens is 1. The fourth-order valence-electron chi connectivity index (χ4n) is 1.95. The molecule has 24 heavy (non-hydrogen) atoms. The van der Waals surface area contributed by atoms with Gasteiger partial charge in [0.2, 0.25) is 5.76 Å². The highest BCUT2D eigenvalue weighted by Gasteiger charge is 2.21. The fraction of sp³-hybridized carbons (Fsp3) is 0.118. The van der Waals surface area contributed by atoms with Gasteiger partial charge in [-0.05, 0) is 19.1 Å². The largest absolute Gasteiger partial charge is 0.457 e. The lowest BCUT2D eigenvalue weighted by atomic mass is 10.2. The molecule has 0 fully saturated rings. The van der Waals surface area contributed by atoms with E-state index in [1.54, 1.807) is 6.07 Å². The number of ether oxygens (including phenoxy) is 1. The first-order valence-electron chi connectivity index (χ1n) is 7.20. The number of nitrogens with one attached hydrogen (secondary N) is 1. The summed E-state index contributed by atoms with van der Waals surface area (Å²) in [6.07, 6.45) is 0.397. The minimum absolute atomic E-state index is 0.0512. The second-order valence-corrected chi connectivity index (χ2v) is 5.78. The maximum Gasteiger partial charge on any atom is 0.374 e. The van der Waals surface area contributed by atoms with E-state index in [1.165, 1.54) is 30.6 Å². The van der Waals surface area contributed by atoms with Crippen LogP contribution in [0.1, 0.15) is 17.5 Å². The van der Waals surface area contributed by atoms with Gasteiger partial charge in [-0.3, -0.25) is 10.1 Å². The fourth-order valence-corrected chi connectivity index (χ4v) is 2.67. The van der Waals surface area contributed by atoms with Crippen molar-refractivity contribution in [3.63, 3.8) is 0 Å². The van der Waals surface area contributed by atoms with Crippen molar-refractivity contribution < 1.29 is 18.7 Å². The number of hydrogen-bond donors (Lipinski definition) is 1. The smallest absolute Gasteiger partial charge is 0.374 e. The molecule has 0 spiro atoms. The van der Waals surface area contributed by atoms with Crippen LogP contribution >= 0.6 is 11.3 Å². The molecule has 0 aliphatic carbocycles. The minimum atomic E-state index is -0.966. The SMILES string of the molecule is C[C@@H](OC(=O)c1ccco1)C(=O)Nc1nc(-c2ccccc2)cs1. The van der Waals surface area contributed by atoms with Crippen molar-refractivity contribution in [2.75, 3.05) is 5.32 Å². The van der Waals surface area contributed by atoms with Gasteiger partial charge in [0, 0.05) is 10.9 Å². The molecule has 0 unspecified atom stereocenters. The first-order valence-corrected chi connectivity index (χ1v) is 8.08. The summed E-state index contributed by atoms with van der Waals surface area (Å²) in [5, 5.41) is 4.94. The lowest BCUT2D eigenvalue weighted by Gasteiger charge is -2.11. The van der Waals surface area contributed by atoms with Gasteiger partial charge in [-0.15, -0.1) is 11.3 Å². The van der Waals surface area contributed by atoms with E-state index in [0.717, 1.165) is 11.3 Å². The number of amides is 1. The van der Waals surface area contributed by atoms with Crippen molar-refractivity contribution in [1.29, 1.82) is 0 Å². The number of nitrogens with zero attached hydrogens (tertiary/aromatic N) is 1. The van der Waals surface area contributed by atoms with E-state index in [4.69, 9.17) is 9.15 Å². The number of rotatable bonds is 5. The highest BCUT2D eigenvalue weighted by Crippen LogP contribution is 2.24. The summed E-state index contributed by atoms with van der Waals surface area (Å²) in [7, 11) is 0. The molecule has 1 amide bonds. The van der Waals surface area contributed by atoms with Crippen LogP contribution < -0.4 is 5.32 Å². The Morgan fingerprint density at radius 2 is 2.00 bits per heavy atom. The number of carbonyl (C=O) groups is 2. The van der Waals surface area contributed by atoms with E-state index in [9.17, 15) is 9.59 Å². The van der Waals surface area contributed by atoms with Gasteiger partial charge >= 0.3 is 5.97 Å². The molecule has 3 rings (SSSR count). The maximum absolute atomic E-state index is 12.1. The molecular formula is C17H14N2O4S. The zero-order valence-corrected chi connectivity index (χ0v) is 13.6. The number of hydrogen-bond acceptors (Lipinski definition) is 6. The van der Waals surface area contributed by atoms with Crippen LogP contribution in [0.25, 0.3) is 11.3 Å². The molecule has 1 atom stereocenters. The molecule has 7 heteroatoms. The normalized spacial score (nSPS) is 11.7. The molecule has 2 heterocycles. The molecule has 0 saturated carbocycles. The van der Waals surface area contributed by atoms with Crippen LogP contribution in [0.4, 0.5) is 5.13 Å². The van der Waals surface area contributed by atoms with Crippen molar-refractivity contribution in [3.8, 4) is 11.3 Å². The maximum atomic E-state index is 12.1. The van der Waals surface area contributed by atoms with Crippen molar-refractivity contribution in [3.05, 3.63) is 59.9 Å². The zero-order chi connectivity index (χ0) is 16.9. The minimum Gasteiger partial charge on any atom is -0.457 e. The van der Waals surface area contributed by atoms with Gasteiger partial charge in [0.1, 0.15) is 0 Å². The van der Waals surface area contributed by atoms with Crippen LogP contribution in [0.2, 0.25) is 0 Å². The molecule has 3 aromatic rings. The second-order valence-electron chi connectivity index (χ2n) is 4.92. The number of furan rings is 1. The van der Waals surface area contributed by atoms with Crippen LogP contribution in [-0.4, -0.2) is 23.0 Å².